The standard InChI is InChI=1S/C51H34N2S/c1-4-16-35(17-5-1)52(36-18-6-2-7-19-36)38-28-30-39(31-29-38)53(37-20-8-3-9-21-37)40-32-33-42-41-22-10-13-25-45(41)51(47(42)34-40)46-26-14-11-23-43(46)49-44-24-12-15-27-48(44)54-50(49)51/h1-34H. The van der Waals surface area contributed by atoms with E-state index in [1.54, 1.807) is 0 Å². The summed E-state index contributed by atoms with van der Waals surface area (Å²) in [5.41, 5.74) is 15.7. The molecule has 8 aromatic carbocycles. The number of hydrogen-bond donors (Lipinski definition) is 0. The fraction of sp³-hybridized carbons (Fsp3) is 0.0196. The summed E-state index contributed by atoms with van der Waals surface area (Å²) in [5.74, 6) is 0. The number of hydrogen-bond acceptors (Lipinski definition) is 3. The lowest BCUT2D eigenvalue weighted by molar-refractivity contribution is 0.811. The van der Waals surface area contributed by atoms with Crippen molar-refractivity contribution in [2.45, 2.75) is 5.41 Å². The van der Waals surface area contributed by atoms with Gasteiger partial charge in [0.15, 0.2) is 0 Å². The maximum absolute atomic E-state index is 2.48. The molecule has 1 aromatic heterocycles. The highest BCUT2D eigenvalue weighted by molar-refractivity contribution is 7.20. The highest BCUT2D eigenvalue weighted by Crippen LogP contribution is 2.66. The predicted molar refractivity (Wildman–Crippen MR) is 227 cm³/mol. The van der Waals surface area contributed by atoms with Gasteiger partial charge in [0.2, 0.25) is 0 Å². The fourth-order valence-electron chi connectivity index (χ4n) is 9.05. The number of thiophene rings is 1. The lowest BCUT2D eigenvalue weighted by atomic mass is 9.74. The van der Waals surface area contributed by atoms with Gasteiger partial charge in [-0.05, 0) is 112 Å². The van der Waals surface area contributed by atoms with E-state index in [0.717, 1.165) is 34.1 Å². The topological polar surface area (TPSA) is 6.48 Å². The second-order valence-electron chi connectivity index (χ2n) is 14.1. The van der Waals surface area contributed by atoms with Crippen LogP contribution in [0.5, 0.6) is 0 Å². The zero-order valence-electron chi connectivity index (χ0n) is 29.4. The van der Waals surface area contributed by atoms with Crippen LogP contribution in [0.4, 0.5) is 34.1 Å². The molecule has 0 saturated carbocycles. The molecule has 1 heterocycles. The van der Waals surface area contributed by atoms with E-state index >= 15 is 0 Å². The van der Waals surface area contributed by atoms with Crippen molar-refractivity contribution in [2.75, 3.05) is 9.80 Å². The molecule has 54 heavy (non-hydrogen) atoms. The van der Waals surface area contributed by atoms with Crippen LogP contribution in [0.3, 0.4) is 0 Å². The Hall–Kier alpha value is -6.68. The summed E-state index contributed by atoms with van der Waals surface area (Å²) >= 11 is 1.96. The lowest BCUT2D eigenvalue weighted by Crippen LogP contribution is -2.25. The first-order valence-corrected chi connectivity index (χ1v) is 19.3. The average Bonchev–Trinajstić information content (AvgIpc) is 3.86. The highest BCUT2D eigenvalue weighted by Gasteiger charge is 2.53. The lowest BCUT2D eigenvalue weighted by Gasteiger charge is -2.31. The Bertz CT molecular complexity index is 2790. The van der Waals surface area contributed by atoms with Gasteiger partial charge in [-0.15, -0.1) is 11.3 Å². The van der Waals surface area contributed by atoms with Crippen molar-refractivity contribution in [1.29, 1.82) is 0 Å². The van der Waals surface area contributed by atoms with Crippen molar-refractivity contribution in [3.8, 4) is 22.3 Å². The summed E-state index contributed by atoms with van der Waals surface area (Å²) in [6, 6.07) is 75.2. The van der Waals surface area contributed by atoms with Crippen molar-refractivity contribution in [1.82, 2.24) is 0 Å². The van der Waals surface area contributed by atoms with E-state index < -0.39 is 5.41 Å². The molecule has 2 nitrogen and oxygen atoms in total. The first kappa shape index (κ1) is 30.9. The van der Waals surface area contributed by atoms with Crippen LogP contribution < -0.4 is 9.80 Å². The maximum Gasteiger partial charge on any atom is 0.0820 e. The molecule has 0 saturated heterocycles. The predicted octanol–water partition coefficient (Wildman–Crippen LogP) is 14.2. The Labute approximate surface area is 319 Å². The third-order valence-corrected chi connectivity index (χ3v) is 12.5. The van der Waals surface area contributed by atoms with Crippen LogP contribution in [-0.4, -0.2) is 0 Å². The van der Waals surface area contributed by atoms with Crippen molar-refractivity contribution in [3.63, 3.8) is 0 Å². The monoisotopic (exact) mass is 706 g/mol. The first-order valence-electron chi connectivity index (χ1n) is 18.5. The first-order chi connectivity index (χ1) is 26.8. The third-order valence-electron chi connectivity index (χ3n) is 11.2. The number of anilines is 6. The Kier molecular flexibility index (Phi) is 6.98. The van der Waals surface area contributed by atoms with Crippen LogP contribution in [-0.2, 0) is 5.41 Å². The number of para-hydroxylation sites is 3. The highest BCUT2D eigenvalue weighted by atomic mass is 32.1. The molecule has 0 fully saturated rings. The molecule has 2 aliphatic rings. The van der Waals surface area contributed by atoms with Gasteiger partial charge in [0.05, 0.1) is 5.41 Å². The Morgan fingerprint density at radius 1 is 0.333 bits per heavy atom. The van der Waals surface area contributed by atoms with Crippen molar-refractivity contribution in [2.24, 2.45) is 0 Å². The molecule has 254 valence electrons. The van der Waals surface area contributed by atoms with Gasteiger partial charge in [-0.2, -0.15) is 0 Å². The maximum atomic E-state index is 2.48. The minimum Gasteiger partial charge on any atom is -0.311 e. The molecule has 1 atom stereocenters. The minimum absolute atomic E-state index is 0.407. The van der Waals surface area contributed by atoms with E-state index in [2.05, 4.69) is 216 Å². The summed E-state index contributed by atoms with van der Waals surface area (Å²) < 4.78 is 1.34. The zero-order chi connectivity index (χ0) is 35.6. The molecule has 2 aliphatic carbocycles. The zero-order valence-corrected chi connectivity index (χ0v) is 30.2. The molecule has 11 rings (SSSR count). The van der Waals surface area contributed by atoms with Crippen molar-refractivity contribution in [3.05, 3.63) is 228 Å². The van der Waals surface area contributed by atoms with E-state index in [4.69, 9.17) is 0 Å². The summed E-state index contributed by atoms with van der Waals surface area (Å²) in [6.45, 7) is 0. The van der Waals surface area contributed by atoms with Gasteiger partial charge >= 0.3 is 0 Å². The third kappa shape index (κ3) is 4.46. The van der Waals surface area contributed by atoms with Crippen LogP contribution in [0.1, 0.15) is 21.6 Å². The van der Waals surface area contributed by atoms with E-state index in [9.17, 15) is 0 Å². The largest absolute Gasteiger partial charge is 0.311 e. The van der Waals surface area contributed by atoms with Crippen molar-refractivity contribution >= 4 is 55.5 Å². The van der Waals surface area contributed by atoms with E-state index in [1.165, 1.54) is 53.9 Å². The molecule has 0 amide bonds. The van der Waals surface area contributed by atoms with Crippen LogP contribution in [0.15, 0.2) is 206 Å². The van der Waals surface area contributed by atoms with Crippen molar-refractivity contribution < 1.29 is 0 Å². The van der Waals surface area contributed by atoms with Crippen LogP contribution in [0, 0.1) is 0 Å². The van der Waals surface area contributed by atoms with Gasteiger partial charge < -0.3 is 9.80 Å². The summed E-state index contributed by atoms with van der Waals surface area (Å²) in [7, 11) is 0. The number of nitrogens with zero attached hydrogens (tertiary/aromatic N) is 2. The normalized spacial score (nSPS) is 14.7. The minimum atomic E-state index is -0.407. The number of rotatable bonds is 6. The van der Waals surface area contributed by atoms with Gasteiger partial charge in [-0.25, -0.2) is 0 Å². The van der Waals surface area contributed by atoms with Gasteiger partial charge in [0, 0.05) is 54.7 Å². The average molecular weight is 707 g/mol. The van der Waals surface area contributed by atoms with Gasteiger partial charge in [-0.1, -0.05) is 127 Å². The second-order valence-corrected chi connectivity index (χ2v) is 15.1. The summed E-state index contributed by atoms with van der Waals surface area (Å²) in [5, 5.41) is 1.34. The molecular formula is C51H34N2S. The van der Waals surface area contributed by atoms with E-state index in [0.29, 0.717) is 0 Å². The van der Waals surface area contributed by atoms with Crippen LogP contribution in [0.2, 0.25) is 0 Å². The second kappa shape index (κ2) is 12.2. The Balaban J connectivity index is 1.11. The Morgan fingerprint density at radius 3 is 1.37 bits per heavy atom. The Morgan fingerprint density at radius 2 is 0.759 bits per heavy atom. The van der Waals surface area contributed by atoms with E-state index in [-0.39, 0.29) is 0 Å². The number of benzene rings is 8. The van der Waals surface area contributed by atoms with Gasteiger partial charge in [0.25, 0.3) is 0 Å². The smallest absolute Gasteiger partial charge is 0.0820 e. The molecule has 1 spiro atoms. The molecular weight excluding hydrogens is 673 g/mol. The van der Waals surface area contributed by atoms with Crippen LogP contribution >= 0.6 is 11.3 Å². The number of fused-ring (bicyclic) bond motifs is 12. The summed E-state index contributed by atoms with van der Waals surface area (Å²) in [4.78, 5) is 6.14. The fourth-order valence-corrected chi connectivity index (χ4v) is 10.5. The van der Waals surface area contributed by atoms with Gasteiger partial charge in [-0.3, -0.25) is 0 Å². The SMILES string of the molecule is c1ccc(N(c2ccccc2)c2ccc(N(c3ccccc3)c3ccc4c(c3)C3(c5ccccc5-4)c4ccccc4-c4c3sc3ccccc43)cc2)cc1. The molecule has 1 unspecified atom stereocenters. The molecule has 0 bridgehead atoms. The quantitative estimate of drug-likeness (QED) is 0.170. The van der Waals surface area contributed by atoms with Crippen LogP contribution in [0.25, 0.3) is 32.3 Å². The molecule has 3 heteroatoms. The molecule has 0 N–H and O–H groups in total. The summed E-state index contributed by atoms with van der Waals surface area (Å²) in [6.07, 6.45) is 0. The molecule has 0 radical (unpaired) electrons. The molecule has 9 aromatic rings. The molecule has 0 aliphatic heterocycles. The van der Waals surface area contributed by atoms with Gasteiger partial charge in [0.1, 0.15) is 0 Å². The van der Waals surface area contributed by atoms with E-state index in [1.807, 2.05) is 11.3 Å².